The SMILES string of the molecule is Cc1nonc1CNC(=O)c1c(C)n(Cc2ccccc2)c2ccccc12. The third-order valence-electron chi connectivity index (χ3n) is 4.80. The fourth-order valence-electron chi connectivity index (χ4n) is 3.35. The van der Waals surface area contributed by atoms with Crippen LogP contribution in [0.3, 0.4) is 0 Å². The zero-order chi connectivity index (χ0) is 18.8. The molecule has 6 heteroatoms. The summed E-state index contributed by atoms with van der Waals surface area (Å²) >= 11 is 0. The van der Waals surface area contributed by atoms with Crippen LogP contribution in [0.4, 0.5) is 0 Å². The fourth-order valence-corrected chi connectivity index (χ4v) is 3.35. The van der Waals surface area contributed by atoms with Crippen LogP contribution >= 0.6 is 0 Å². The van der Waals surface area contributed by atoms with E-state index in [0.717, 1.165) is 16.6 Å². The van der Waals surface area contributed by atoms with Crippen molar-refractivity contribution in [3.63, 3.8) is 0 Å². The maximum Gasteiger partial charge on any atom is 0.254 e. The Labute approximate surface area is 156 Å². The minimum Gasteiger partial charge on any atom is -0.346 e. The predicted octanol–water partition coefficient (Wildman–Crippen LogP) is 3.62. The summed E-state index contributed by atoms with van der Waals surface area (Å²) in [4.78, 5) is 12.9. The van der Waals surface area contributed by atoms with E-state index in [1.165, 1.54) is 5.56 Å². The highest BCUT2D eigenvalue weighted by Crippen LogP contribution is 2.27. The summed E-state index contributed by atoms with van der Waals surface area (Å²) in [5.41, 5.74) is 5.18. The first-order valence-corrected chi connectivity index (χ1v) is 8.83. The molecule has 0 fully saturated rings. The first-order chi connectivity index (χ1) is 13.1. The highest BCUT2D eigenvalue weighted by Gasteiger charge is 2.20. The molecule has 0 aliphatic carbocycles. The van der Waals surface area contributed by atoms with Crippen molar-refractivity contribution in [2.45, 2.75) is 26.9 Å². The van der Waals surface area contributed by atoms with Crippen molar-refractivity contribution in [3.05, 3.63) is 82.8 Å². The third kappa shape index (κ3) is 3.21. The van der Waals surface area contributed by atoms with Gasteiger partial charge >= 0.3 is 0 Å². The van der Waals surface area contributed by atoms with Gasteiger partial charge in [-0.1, -0.05) is 58.8 Å². The molecule has 2 aromatic heterocycles. The second kappa shape index (κ2) is 7.07. The van der Waals surface area contributed by atoms with Crippen LogP contribution in [0.15, 0.2) is 59.2 Å². The summed E-state index contributed by atoms with van der Waals surface area (Å²) < 4.78 is 6.88. The standard InChI is InChI=1S/C21H20N4O2/c1-14-18(24-27-23-14)12-22-21(26)20-15(2)25(13-16-8-4-3-5-9-16)19-11-7-6-10-17(19)20/h3-11H,12-13H2,1-2H3,(H,22,26). The van der Waals surface area contributed by atoms with Crippen molar-refractivity contribution >= 4 is 16.8 Å². The van der Waals surface area contributed by atoms with E-state index in [1.807, 2.05) is 49.4 Å². The molecule has 0 saturated heterocycles. The smallest absolute Gasteiger partial charge is 0.254 e. The molecule has 0 bridgehead atoms. The van der Waals surface area contributed by atoms with E-state index in [4.69, 9.17) is 4.63 Å². The maximum absolute atomic E-state index is 12.9. The van der Waals surface area contributed by atoms with Gasteiger partial charge in [-0.3, -0.25) is 4.79 Å². The Hall–Kier alpha value is -3.41. The molecule has 0 aliphatic rings. The monoisotopic (exact) mass is 360 g/mol. The van der Waals surface area contributed by atoms with Gasteiger partial charge < -0.3 is 9.88 Å². The first kappa shape index (κ1) is 17.0. The summed E-state index contributed by atoms with van der Waals surface area (Å²) in [5, 5.41) is 11.4. The molecule has 2 heterocycles. The van der Waals surface area contributed by atoms with E-state index in [2.05, 4.69) is 32.3 Å². The van der Waals surface area contributed by atoms with Crippen LogP contribution in [0.2, 0.25) is 0 Å². The number of carbonyl (C=O) groups is 1. The molecule has 0 aliphatic heterocycles. The minimum absolute atomic E-state index is 0.127. The Morgan fingerprint density at radius 3 is 2.52 bits per heavy atom. The molecule has 0 unspecified atom stereocenters. The van der Waals surface area contributed by atoms with E-state index in [-0.39, 0.29) is 12.5 Å². The van der Waals surface area contributed by atoms with Crippen molar-refractivity contribution in [2.75, 3.05) is 0 Å². The number of para-hydroxylation sites is 1. The molecule has 27 heavy (non-hydrogen) atoms. The minimum atomic E-state index is -0.127. The molecule has 0 atom stereocenters. The van der Waals surface area contributed by atoms with Crippen molar-refractivity contribution in [1.29, 1.82) is 0 Å². The normalized spacial score (nSPS) is 11.0. The topological polar surface area (TPSA) is 73.0 Å². The van der Waals surface area contributed by atoms with Crippen molar-refractivity contribution in [2.24, 2.45) is 0 Å². The van der Waals surface area contributed by atoms with Gasteiger partial charge in [0.1, 0.15) is 11.4 Å². The molecule has 4 rings (SSSR count). The summed E-state index contributed by atoms with van der Waals surface area (Å²) in [6, 6.07) is 18.2. The van der Waals surface area contributed by atoms with Gasteiger partial charge in [-0.15, -0.1) is 0 Å². The van der Waals surface area contributed by atoms with Gasteiger partial charge in [0.05, 0.1) is 12.1 Å². The quantitative estimate of drug-likeness (QED) is 0.590. The van der Waals surface area contributed by atoms with Gasteiger partial charge in [-0.2, -0.15) is 0 Å². The van der Waals surface area contributed by atoms with Gasteiger partial charge in [0.25, 0.3) is 5.91 Å². The first-order valence-electron chi connectivity index (χ1n) is 8.83. The average molecular weight is 360 g/mol. The molecule has 0 saturated carbocycles. The van der Waals surface area contributed by atoms with Crippen molar-refractivity contribution < 1.29 is 9.42 Å². The molecule has 2 aromatic carbocycles. The Morgan fingerprint density at radius 2 is 1.78 bits per heavy atom. The lowest BCUT2D eigenvalue weighted by Gasteiger charge is -2.09. The maximum atomic E-state index is 12.9. The zero-order valence-corrected chi connectivity index (χ0v) is 15.3. The van der Waals surface area contributed by atoms with E-state index in [9.17, 15) is 4.79 Å². The Morgan fingerprint density at radius 1 is 1.04 bits per heavy atom. The molecule has 0 radical (unpaired) electrons. The Kier molecular flexibility index (Phi) is 4.46. The van der Waals surface area contributed by atoms with E-state index in [1.54, 1.807) is 6.92 Å². The number of fused-ring (bicyclic) bond motifs is 1. The van der Waals surface area contributed by atoms with E-state index >= 15 is 0 Å². The van der Waals surface area contributed by atoms with Crippen molar-refractivity contribution in [3.8, 4) is 0 Å². The van der Waals surface area contributed by atoms with E-state index < -0.39 is 0 Å². The van der Waals surface area contributed by atoms with Crippen LogP contribution in [-0.4, -0.2) is 20.8 Å². The number of hydrogen-bond acceptors (Lipinski definition) is 4. The number of benzene rings is 2. The predicted molar refractivity (Wildman–Crippen MR) is 102 cm³/mol. The number of aryl methyl sites for hydroxylation is 1. The van der Waals surface area contributed by atoms with Gasteiger partial charge in [0, 0.05) is 23.1 Å². The summed E-state index contributed by atoms with van der Waals surface area (Å²) in [6.07, 6.45) is 0. The van der Waals surface area contributed by atoms with Gasteiger partial charge in [0.2, 0.25) is 0 Å². The number of hydrogen-bond donors (Lipinski definition) is 1. The molecule has 6 nitrogen and oxygen atoms in total. The second-order valence-electron chi connectivity index (χ2n) is 6.53. The van der Waals surface area contributed by atoms with Crippen LogP contribution in [-0.2, 0) is 13.1 Å². The van der Waals surface area contributed by atoms with Crippen LogP contribution in [0.5, 0.6) is 0 Å². The van der Waals surface area contributed by atoms with E-state index in [0.29, 0.717) is 23.5 Å². The third-order valence-corrected chi connectivity index (χ3v) is 4.80. The number of nitrogens with zero attached hydrogens (tertiary/aromatic N) is 3. The molecule has 1 amide bonds. The van der Waals surface area contributed by atoms with Crippen LogP contribution in [0.25, 0.3) is 10.9 Å². The lowest BCUT2D eigenvalue weighted by Crippen LogP contribution is -2.24. The lowest BCUT2D eigenvalue weighted by atomic mass is 10.1. The van der Waals surface area contributed by atoms with Gasteiger partial charge in [0.15, 0.2) is 0 Å². The molecule has 4 aromatic rings. The van der Waals surface area contributed by atoms with Gasteiger partial charge in [-0.05, 0) is 25.5 Å². The number of nitrogens with one attached hydrogen (secondary N) is 1. The molecule has 0 spiro atoms. The van der Waals surface area contributed by atoms with Crippen LogP contribution < -0.4 is 5.32 Å². The Balaban J connectivity index is 1.69. The summed E-state index contributed by atoms with van der Waals surface area (Å²) in [7, 11) is 0. The molecular weight excluding hydrogens is 340 g/mol. The van der Waals surface area contributed by atoms with Crippen LogP contribution in [0, 0.1) is 13.8 Å². The molecule has 136 valence electrons. The summed E-state index contributed by atoms with van der Waals surface area (Å²) in [6.45, 7) is 4.79. The second-order valence-corrected chi connectivity index (χ2v) is 6.53. The van der Waals surface area contributed by atoms with Crippen molar-refractivity contribution in [1.82, 2.24) is 20.2 Å². The largest absolute Gasteiger partial charge is 0.346 e. The van der Waals surface area contributed by atoms with Gasteiger partial charge in [-0.25, -0.2) is 4.63 Å². The average Bonchev–Trinajstić information content (AvgIpc) is 3.22. The number of carbonyl (C=O) groups excluding carboxylic acids is 1. The fraction of sp³-hybridized carbons (Fsp3) is 0.190. The lowest BCUT2D eigenvalue weighted by molar-refractivity contribution is 0.0951. The zero-order valence-electron chi connectivity index (χ0n) is 15.3. The number of aromatic nitrogens is 3. The molecular formula is C21H20N4O2. The molecule has 1 N–H and O–H groups in total. The highest BCUT2D eigenvalue weighted by molar-refractivity contribution is 6.08. The summed E-state index contributed by atoms with van der Waals surface area (Å²) in [5.74, 6) is -0.127. The number of amides is 1. The number of rotatable bonds is 5. The highest BCUT2D eigenvalue weighted by atomic mass is 16.6. The Bertz CT molecular complexity index is 1100. The van der Waals surface area contributed by atoms with Crippen LogP contribution in [0.1, 0.15) is 33.0 Å².